The van der Waals surface area contributed by atoms with Crippen LogP contribution in [0.15, 0.2) is 85.2 Å². The highest BCUT2D eigenvalue weighted by molar-refractivity contribution is 6.24. The number of anilines is 2. The molecule has 1 aromatic heterocycles. The maximum Gasteiger partial charge on any atom is 0.262 e. The second-order valence-corrected chi connectivity index (χ2v) is 15.4. The lowest BCUT2D eigenvalue weighted by atomic mass is 9.82. The molecule has 0 saturated carbocycles. The number of aromatic nitrogens is 1. The summed E-state index contributed by atoms with van der Waals surface area (Å²) >= 11 is 0. The van der Waals surface area contributed by atoms with E-state index in [0.29, 0.717) is 24.3 Å². The van der Waals surface area contributed by atoms with E-state index in [0.717, 1.165) is 41.2 Å². The predicted molar refractivity (Wildman–Crippen MR) is 220 cm³/mol. The molecule has 0 spiro atoms. The summed E-state index contributed by atoms with van der Waals surface area (Å²) in [6, 6.07) is 22.4. The Labute approximate surface area is 347 Å². The molecule has 312 valence electrons. The highest BCUT2D eigenvalue weighted by Gasteiger charge is 2.46. The third kappa shape index (κ3) is 8.86. The van der Waals surface area contributed by atoms with Gasteiger partial charge in [0.1, 0.15) is 12.6 Å². The van der Waals surface area contributed by atoms with Crippen molar-refractivity contribution in [3.8, 4) is 11.1 Å². The number of hydrogen-bond donors (Lipinski definition) is 4. The van der Waals surface area contributed by atoms with Crippen LogP contribution in [0.3, 0.4) is 0 Å². The number of fused-ring (bicyclic) bond motifs is 4. The first-order chi connectivity index (χ1) is 29.3. The number of benzene rings is 3. The molecule has 4 atom stereocenters. The van der Waals surface area contributed by atoms with Gasteiger partial charge in [0, 0.05) is 48.7 Å². The number of nitrogens with zero attached hydrogens (tertiary/aromatic N) is 3. The van der Waals surface area contributed by atoms with Crippen molar-refractivity contribution < 1.29 is 43.3 Å². The van der Waals surface area contributed by atoms with Crippen LogP contribution in [-0.4, -0.2) is 114 Å². The number of hydrogen-bond acceptors (Lipinski definition) is 12. The Bertz CT molecular complexity index is 2250. The Hall–Kier alpha value is -5.84. The molecule has 4 aliphatic rings. The first kappa shape index (κ1) is 40.9. The van der Waals surface area contributed by atoms with Crippen LogP contribution in [0, 0.1) is 5.92 Å². The summed E-state index contributed by atoms with van der Waals surface area (Å²) in [5.74, 6) is -2.15. The van der Waals surface area contributed by atoms with Gasteiger partial charge in [-0.2, -0.15) is 0 Å². The Balaban J connectivity index is 0.757. The summed E-state index contributed by atoms with van der Waals surface area (Å²) in [7, 11) is 0. The van der Waals surface area contributed by atoms with Crippen molar-refractivity contribution in [2.45, 2.75) is 50.4 Å². The second-order valence-electron chi connectivity index (χ2n) is 15.4. The second kappa shape index (κ2) is 18.6. The zero-order valence-corrected chi connectivity index (χ0v) is 33.1. The normalized spacial score (nSPS) is 21.0. The number of aliphatic hydroxyl groups excluding tert-OH is 1. The molecule has 1 unspecified atom stereocenters. The van der Waals surface area contributed by atoms with Crippen molar-refractivity contribution in [1.29, 1.82) is 0 Å². The van der Waals surface area contributed by atoms with Crippen molar-refractivity contribution in [2.75, 3.05) is 63.4 Å². The number of imide groups is 2. The molecule has 0 radical (unpaired) electrons. The predicted octanol–water partition coefficient (Wildman–Crippen LogP) is 3.73. The largest absolute Gasteiger partial charge is 0.394 e. The van der Waals surface area contributed by atoms with Crippen LogP contribution in [0.25, 0.3) is 11.1 Å². The lowest BCUT2D eigenvalue weighted by Crippen LogP contribution is -2.54. The summed E-state index contributed by atoms with van der Waals surface area (Å²) in [6.45, 7) is 3.02. The summed E-state index contributed by atoms with van der Waals surface area (Å²) in [5.41, 5.74) is 7.25. The summed E-state index contributed by atoms with van der Waals surface area (Å²) < 4.78 is 16.9. The van der Waals surface area contributed by atoms with Gasteiger partial charge in [0.15, 0.2) is 0 Å². The number of aliphatic hydroxyl groups is 1. The van der Waals surface area contributed by atoms with Crippen LogP contribution >= 0.6 is 0 Å². The Morgan fingerprint density at radius 1 is 0.850 bits per heavy atom. The van der Waals surface area contributed by atoms with Crippen molar-refractivity contribution >= 4 is 40.9 Å². The molecular weight excluding hydrogens is 769 g/mol. The van der Waals surface area contributed by atoms with E-state index >= 15 is 0 Å². The lowest BCUT2D eigenvalue weighted by molar-refractivity contribution is -0.136. The minimum Gasteiger partial charge on any atom is -0.394 e. The maximum atomic E-state index is 13.3. The number of piperidine rings is 1. The maximum absolute atomic E-state index is 13.3. The van der Waals surface area contributed by atoms with Gasteiger partial charge in [-0.1, -0.05) is 30.3 Å². The molecule has 5 heterocycles. The number of nitrogens with one attached hydrogen (secondary N) is 3. The minimum atomic E-state index is -1.02. The van der Waals surface area contributed by atoms with Gasteiger partial charge in [0.05, 0.1) is 56.8 Å². The van der Waals surface area contributed by atoms with Gasteiger partial charge in [-0.3, -0.25) is 44.1 Å². The molecule has 4 aliphatic heterocycles. The zero-order valence-electron chi connectivity index (χ0n) is 33.1. The van der Waals surface area contributed by atoms with E-state index in [9.17, 15) is 29.1 Å². The number of carbonyl (C=O) groups excluding carboxylic acids is 5. The van der Waals surface area contributed by atoms with Crippen LogP contribution in [0.4, 0.5) is 11.4 Å². The van der Waals surface area contributed by atoms with Crippen molar-refractivity contribution in [1.82, 2.24) is 20.1 Å². The van der Waals surface area contributed by atoms with Gasteiger partial charge in [-0.05, 0) is 96.1 Å². The Kier molecular flexibility index (Phi) is 12.7. The molecule has 4 N–H and O–H groups in total. The average molecular weight is 817 g/mol. The van der Waals surface area contributed by atoms with E-state index in [1.165, 1.54) is 11.1 Å². The van der Waals surface area contributed by atoms with Gasteiger partial charge < -0.3 is 30.0 Å². The van der Waals surface area contributed by atoms with E-state index < -0.39 is 29.7 Å². The van der Waals surface area contributed by atoms with E-state index in [-0.39, 0.29) is 87.5 Å². The van der Waals surface area contributed by atoms with Gasteiger partial charge >= 0.3 is 0 Å². The van der Waals surface area contributed by atoms with Crippen molar-refractivity contribution in [2.24, 2.45) is 5.92 Å². The molecular formula is C45H48N6O9. The average Bonchev–Trinajstić information content (AvgIpc) is 3.79. The number of pyridine rings is 1. The SMILES string of the molecule is O=C1CCC(N2C(=O)c3cccc(CCOCCOCCOCC(=O)Nc4cccc(-c5ccc6c(c5)[C@H]5[C@H](CCN5Cc5ccncc5)[C@@H](CO)N6)c4)c3C2=O)C(=O)N1. The zero-order chi connectivity index (χ0) is 41.6. The van der Waals surface area contributed by atoms with Crippen molar-refractivity contribution in [3.05, 3.63) is 113 Å². The van der Waals surface area contributed by atoms with Crippen LogP contribution in [0.2, 0.25) is 0 Å². The summed E-state index contributed by atoms with van der Waals surface area (Å²) in [4.78, 5) is 70.7. The number of likely N-dealkylation sites (tertiary alicyclic amines) is 1. The molecule has 2 saturated heterocycles. The van der Waals surface area contributed by atoms with Crippen LogP contribution in [-0.2, 0) is 41.6 Å². The molecule has 15 heteroatoms. The van der Waals surface area contributed by atoms with Gasteiger partial charge in [-0.25, -0.2) is 0 Å². The fourth-order valence-corrected chi connectivity index (χ4v) is 8.79. The molecule has 8 rings (SSSR count). The summed E-state index contributed by atoms with van der Waals surface area (Å²) in [6.07, 6.45) is 5.17. The lowest BCUT2D eigenvalue weighted by Gasteiger charge is -2.39. The van der Waals surface area contributed by atoms with Gasteiger partial charge in [0.25, 0.3) is 11.8 Å². The van der Waals surface area contributed by atoms with E-state index in [2.05, 4.69) is 44.0 Å². The van der Waals surface area contributed by atoms with E-state index in [1.54, 1.807) is 18.2 Å². The third-order valence-corrected chi connectivity index (χ3v) is 11.6. The molecule has 4 aromatic rings. The van der Waals surface area contributed by atoms with E-state index in [1.807, 2.05) is 48.8 Å². The minimum absolute atomic E-state index is 0.00946. The van der Waals surface area contributed by atoms with Gasteiger partial charge in [0.2, 0.25) is 17.7 Å². The van der Waals surface area contributed by atoms with E-state index in [4.69, 9.17) is 14.2 Å². The quantitative estimate of drug-likeness (QED) is 0.0895. The monoisotopic (exact) mass is 816 g/mol. The number of rotatable bonds is 17. The highest BCUT2D eigenvalue weighted by Crippen LogP contribution is 2.48. The molecule has 0 bridgehead atoms. The molecule has 2 fully saturated rings. The first-order valence-electron chi connectivity index (χ1n) is 20.4. The first-order valence-corrected chi connectivity index (χ1v) is 20.4. The number of ether oxygens (including phenoxy) is 3. The molecule has 5 amide bonds. The molecule has 60 heavy (non-hydrogen) atoms. The molecule has 3 aromatic carbocycles. The van der Waals surface area contributed by atoms with Gasteiger partial charge in [-0.15, -0.1) is 0 Å². The van der Waals surface area contributed by atoms with Crippen LogP contribution in [0.5, 0.6) is 0 Å². The van der Waals surface area contributed by atoms with Crippen LogP contribution in [0.1, 0.15) is 62.7 Å². The number of amides is 5. The molecule has 15 nitrogen and oxygen atoms in total. The Morgan fingerprint density at radius 3 is 2.42 bits per heavy atom. The molecule has 0 aliphatic carbocycles. The van der Waals surface area contributed by atoms with Crippen molar-refractivity contribution in [3.63, 3.8) is 0 Å². The standard InChI is InChI=1S/C45H48N6O9/c52-26-37-33-13-17-50(25-28-11-15-46-16-12-28)42(33)35-24-31(7-8-36(35)48-37)30-4-1-5-32(23-30)47-40(54)27-60-22-21-59-20-19-58-18-14-29-3-2-6-34-41(29)45(57)51(44(34)56)38-9-10-39(53)49-43(38)55/h1-8,11-12,15-16,23-24,33,37-38,42,48,52H,9-10,13-14,17-22,25-27H2,(H,47,54)(H,49,53,55)/t33-,37-,38?,42-/m1/s1. The fraction of sp³-hybridized carbons (Fsp3) is 0.378. The Morgan fingerprint density at radius 2 is 1.62 bits per heavy atom. The van der Waals surface area contributed by atoms with Crippen LogP contribution < -0.4 is 16.0 Å². The number of carbonyl (C=O) groups is 5. The fourth-order valence-electron chi connectivity index (χ4n) is 8.79. The smallest absolute Gasteiger partial charge is 0.262 e. The third-order valence-electron chi connectivity index (χ3n) is 11.6. The highest BCUT2D eigenvalue weighted by atomic mass is 16.5. The topological polar surface area (TPSA) is 189 Å². The summed E-state index contributed by atoms with van der Waals surface area (Å²) in [5, 5.41) is 19.0.